The first-order valence-electron chi connectivity index (χ1n) is 8.19. The number of benzene rings is 2. The number of hydrogen-bond donors (Lipinski definition) is 0. The van der Waals surface area contributed by atoms with Gasteiger partial charge in [0.1, 0.15) is 11.6 Å². The number of nitrogens with zero attached hydrogens (tertiary/aromatic N) is 2. The van der Waals surface area contributed by atoms with Crippen molar-refractivity contribution in [3.8, 4) is 0 Å². The minimum atomic E-state index is -0.181. The van der Waals surface area contributed by atoms with Gasteiger partial charge in [-0.1, -0.05) is 18.2 Å². The second-order valence-electron chi connectivity index (χ2n) is 6.34. The average Bonchev–Trinajstić information content (AvgIpc) is 2.54. The summed E-state index contributed by atoms with van der Waals surface area (Å²) in [4.78, 5) is 3.94. The summed E-state index contributed by atoms with van der Waals surface area (Å²) in [5, 5.41) is 0. The molecular formula is C20H28F2N2. The van der Waals surface area contributed by atoms with Crippen LogP contribution in [0.5, 0.6) is 0 Å². The molecule has 2 rings (SSSR count). The summed E-state index contributed by atoms with van der Waals surface area (Å²) in [7, 11) is 3.85. The third kappa shape index (κ3) is 5.84. The Morgan fingerprint density at radius 1 is 0.750 bits per heavy atom. The Morgan fingerprint density at radius 3 is 1.83 bits per heavy atom. The lowest BCUT2D eigenvalue weighted by Crippen LogP contribution is -2.26. The van der Waals surface area contributed by atoms with Gasteiger partial charge in [-0.05, 0) is 58.0 Å². The topological polar surface area (TPSA) is 6.48 Å². The average molecular weight is 334 g/mol. The fourth-order valence-corrected chi connectivity index (χ4v) is 2.01. The second kappa shape index (κ2) is 9.26. The smallest absolute Gasteiger partial charge is 0.146 e. The highest BCUT2D eigenvalue weighted by Crippen LogP contribution is 2.18. The van der Waals surface area contributed by atoms with Crippen LogP contribution in [0.4, 0.5) is 20.2 Å². The molecule has 0 saturated carbocycles. The molecule has 0 heterocycles. The zero-order valence-electron chi connectivity index (χ0n) is 15.4. The van der Waals surface area contributed by atoms with E-state index in [1.807, 2.05) is 49.9 Å². The number of hydrogen-bond acceptors (Lipinski definition) is 2. The van der Waals surface area contributed by atoms with Crippen LogP contribution in [0.2, 0.25) is 0 Å². The summed E-state index contributed by atoms with van der Waals surface area (Å²) in [6.45, 7) is 8.22. The lowest BCUT2D eigenvalue weighted by atomic mass is 10.2. The zero-order chi connectivity index (χ0) is 18.3. The van der Waals surface area contributed by atoms with E-state index in [4.69, 9.17) is 0 Å². The Morgan fingerprint density at radius 2 is 1.33 bits per heavy atom. The Balaban J connectivity index is 0.000000240. The number of anilines is 2. The summed E-state index contributed by atoms with van der Waals surface area (Å²) in [6.07, 6.45) is 0. The molecule has 0 radical (unpaired) electrons. The first-order valence-corrected chi connectivity index (χ1v) is 8.19. The fraction of sp³-hybridized carbons (Fsp3) is 0.400. The molecule has 0 fully saturated rings. The molecule has 0 N–H and O–H groups in total. The van der Waals surface area contributed by atoms with Crippen molar-refractivity contribution in [2.45, 2.75) is 39.8 Å². The standard InChI is InChI=1S/2C10H14FN/c1-8(2)12(3)10-6-4-5-9(11)7-10;1-8(2)12(3)10-7-5-4-6-9(10)11/h2*4-8H,1-3H3. The minimum Gasteiger partial charge on any atom is -0.372 e. The van der Waals surface area contributed by atoms with Gasteiger partial charge >= 0.3 is 0 Å². The van der Waals surface area contributed by atoms with E-state index in [0.29, 0.717) is 17.8 Å². The number of halogens is 2. The van der Waals surface area contributed by atoms with Crippen LogP contribution in [0, 0.1) is 11.6 Å². The van der Waals surface area contributed by atoms with Gasteiger partial charge in [0.25, 0.3) is 0 Å². The van der Waals surface area contributed by atoms with Crippen LogP contribution in [-0.4, -0.2) is 26.2 Å². The van der Waals surface area contributed by atoms with Gasteiger partial charge in [0.15, 0.2) is 0 Å². The number of rotatable bonds is 4. The van der Waals surface area contributed by atoms with Crippen molar-refractivity contribution in [2.75, 3.05) is 23.9 Å². The molecule has 0 aliphatic rings. The van der Waals surface area contributed by atoms with Crippen LogP contribution in [0.3, 0.4) is 0 Å². The third-order valence-electron chi connectivity index (χ3n) is 4.00. The molecule has 4 heteroatoms. The van der Waals surface area contributed by atoms with Crippen LogP contribution in [0.1, 0.15) is 27.7 Å². The lowest BCUT2D eigenvalue weighted by molar-refractivity contribution is 0.613. The van der Waals surface area contributed by atoms with Gasteiger partial charge in [-0.3, -0.25) is 0 Å². The molecule has 0 spiro atoms. The summed E-state index contributed by atoms with van der Waals surface area (Å²) in [6, 6.07) is 14.2. The maximum atomic E-state index is 13.2. The predicted molar refractivity (Wildman–Crippen MR) is 99.9 cm³/mol. The van der Waals surface area contributed by atoms with E-state index in [2.05, 4.69) is 13.8 Å². The molecule has 2 aromatic rings. The van der Waals surface area contributed by atoms with Crippen LogP contribution < -0.4 is 9.80 Å². The predicted octanol–water partition coefficient (Wildman–Crippen LogP) is 5.34. The first kappa shape index (κ1) is 19.9. The maximum absolute atomic E-state index is 13.2. The van der Waals surface area contributed by atoms with Gasteiger partial charge in [-0.15, -0.1) is 0 Å². The van der Waals surface area contributed by atoms with Gasteiger partial charge in [0.05, 0.1) is 5.69 Å². The van der Waals surface area contributed by atoms with Gasteiger partial charge in [0.2, 0.25) is 0 Å². The second-order valence-corrected chi connectivity index (χ2v) is 6.34. The number of para-hydroxylation sites is 1. The molecule has 0 aromatic heterocycles. The minimum absolute atomic E-state index is 0.159. The van der Waals surface area contributed by atoms with Gasteiger partial charge < -0.3 is 9.80 Å². The molecule has 0 amide bonds. The summed E-state index contributed by atoms with van der Waals surface area (Å²) in [5.74, 6) is -0.339. The molecule has 0 atom stereocenters. The van der Waals surface area contributed by atoms with Crippen molar-refractivity contribution >= 4 is 11.4 Å². The molecule has 0 aliphatic carbocycles. The molecule has 2 nitrogen and oxygen atoms in total. The summed E-state index contributed by atoms with van der Waals surface area (Å²) >= 11 is 0. The molecule has 0 unspecified atom stereocenters. The summed E-state index contributed by atoms with van der Waals surface area (Å²) < 4.78 is 25.9. The maximum Gasteiger partial charge on any atom is 0.146 e. The Labute approximate surface area is 144 Å². The van der Waals surface area contributed by atoms with E-state index in [0.717, 1.165) is 5.69 Å². The largest absolute Gasteiger partial charge is 0.372 e. The van der Waals surface area contributed by atoms with Gasteiger partial charge in [-0.2, -0.15) is 0 Å². The van der Waals surface area contributed by atoms with Crippen molar-refractivity contribution in [2.24, 2.45) is 0 Å². The van der Waals surface area contributed by atoms with E-state index in [9.17, 15) is 8.78 Å². The van der Waals surface area contributed by atoms with Crippen molar-refractivity contribution in [3.05, 3.63) is 60.2 Å². The quantitative estimate of drug-likeness (QED) is 0.744. The zero-order valence-corrected chi connectivity index (χ0v) is 15.4. The molecule has 24 heavy (non-hydrogen) atoms. The fourth-order valence-electron chi connectivity index (χ4n) is 2.01. The Kier molecular flexibility index (Phi) is 7.69. The monoisotopic (exact) mass is 334 g/mol. The van der Waals surface area contributed by atoms with E-state index < -0.39 is 0 Å². The molecular weight excluding hydrogens is 306 g/mol. The van der Waals surface area contributed by atoms with Crippen LogP contribution in [0.15, 0.2) is 48.5 Å². The van der Waals surface area contributed by atoms with Crippen LogP contribution >= 0.6 is 0 Å². The highest BCUT2D eigenvalue weighted by atomic mass is 19.1. The van der Waals surface area contributed by atoms with E-state index in [1.165, 1.54) is 12.1 Å². The first-order chi connectivity index (χ1) is 11.2. The van der Waals surface area contributed by atoms with Gasteiger partial charge in [-0.25, -0.2) is 8.78 Å². The highest BCUT2D eigenvalue weighted by molar-refractivity contribution is 5.47. The van der Waals surface area contributed by atoms with Gasteiger partial charge in [0, 0.05) is 31.9 Å². The van der Waals surface area contributed by atoms with E-state index >= 15 is 0 Å². The molecule has 0 aliphatic heterocycles. The molecule has 0 bridgehead atoms. The Hall–Kier alpha value is -2.10. The third-order valence-corrected chi connectivity index (χ3v) is 4.00. The SMILES string of the molecule is CC(C)N(C)c1cccc(F)c1.CC(C)N(C)c1ccccc1F. The van der Waals surface area contributed by atoms with Crippen molar-refractivity contribution in [1.82, 2.24) is 0 Å². The normalized spacial score (nSPS) is 10.4. The van der Waals surface area contributed by atoms with Crippen molar-refractivity contribution in [3.63, 3.8) is 0 Å². The Bertz CT molecular complexity index is 627. The van der Waals surface area contributed by atoms with Crippen molar-refractivity contribution < 1.29 is 8.78 Å². The van der Waals surface area contributed by atoms with E-state index in [1.54, 1.807) is 24.3 Å². The lowest BCUT2D eigenvalue weighted by Gasteiger charge is -2.23. The van der Waals surface area contributed by atoms with Crippen LogP contribution in [-0.2, 0) is 0 Å². The molecule has 2 aromatic carbocycles. The highest BCUT2D eigenvalue weighted by Gasteiger charge is 2.08. The van der Waals surface area contributed by atoms with E-state index in [-0.39, 0.29) is 11.6 Å². The summed E-state index contributed by atoms with van der Waals surface area (Å²) in [5.41, 5.74) is 1.58. The molecule has 132 valence electrons. The van der Waals surface area contributed by atoms with Crippen LogP contribution in [0.25, 0.3) is 0 Å². The van der Waals surface area contributed by atoms with Crippen molar-refractivity contribution in [1.29, 1.82) is 0 Å². The molecule has 0 saturated heterocycles.